The number of halogens is 1. The van der Waals surface area contributed by atoms with Gasteiger partial charge >= 0.3 is 0 Å². The third-order valence-corrected chi connectivity index (χ3v) is 3.74. The smallest absolute Gasteiger partial charge is 0.166 e. The Morgan fingerprint density at radius 2 is 1.95 bits per heavy atom. The summed E-state index contributed by atoms with van der Waals surface area (Å²) in [5, 5.41) is 3.38. The van der Waals surface area contributed by atoms with Gasteiger partial charge in [-0.15, -0.1) is 0 Å². The molecule has 0 spiro atoms. The third kappa shape index (κ3) is 3.61. The van der Waals surface area contributed by atoms with E-state index in [2.05, 4.69) is 12.2 Å². The van der Waals surface area contributed by atoms with Crippen molar-refractivity contribution in [3.05, 3.63) is 59.4 Å². The minimum Gasteiger partial charge on any atom is -0.454 e. The summed E-state index contributed by atoms with van der Waals surface area (Å²) in [5.41, 5.74) is 2.03. The van der Waals surface area contributed by atoms with Gasteiger partial charge in [0.2, 0.25) is 0 Å². The molecule has 2 nitrogen and oxygen atoms in total. The summed E-state index contributed by atoms with van der Waals surface area (Å²) >= 11 is 0. The zero-order valence-electron chi connectivity index (χ0n) is 12.2. The molecule has 1 aliphatic carbocycles. The van der Waals surface area contributed by atoms with E-state index in [-0.39, 0.29) is 11.6 Å². The van der Waals surface area contributed by atoms with Crippen LogP contribution in [0.1, 0.15) is 30.9 Å². The first-order chi connectivity index (χ1) is 10.3. The van der Waals surface area contributed by atoms with Crippen molar-refractivity contribution in [1.29, 1.82) is 0 Å². The molecule has 0 radical (unpaired) electrons. The normalized spacial score (nSPS) is 14.2. The number of ether oxygens (including phenoxy) is 1. The molecule has 0 bridgehead atoms. The largest absolute Gasteiger partial charge is 0.454 e. The van der Waals surface area contributed by atoms with Crippen LogP contribution in [-0.4, -0.2) is 6.04 Å². The van der Waals surface area contributed by atoms with Crippen LogP contribution in [0.5, 0.6) is 11.5 Å². The van der Waals surface area contributed by atoms with Crippen LogP contribution in [0, 0.1) is 5.82 Å². The van der Waals surface area contributed by atoms with Crippen molar-refractivity contribution in [2.75, 3.05) is 0 Å². The fraction of sp³-hybridized carbons (Fsp3) is 0.333. The standard InChI is InChI=1S/C18H20FNO/c1-2-14-5-3-4-6-17(14)21-18-10-7-13(11-16(18)19)12-20-15-8-9-15/h3-7,10-11,15,20H,2,8-9,12H2,1H3. The first kappa shape index (κ1) is 14.1. The number of hydrogen-bond donors (Lipinski definition) is 1. The lowest BCUT2D eigenvalue weighted by molar-refractivity contribution is 0.437. The summed E-state index contributed by atoms with van der Waals surface area (Å²) < 4.78 is 19.9. The molecule has 1 N–H and O–H groups in total. The van der Waals surface area contributed by atoms with E-state index in [1.807, 2.05) is 30.3 Å². The molecule has 1 saturated carbocycles. The van der Waals surface area contributed by atoms with Gasteiger partial charge in [-0.2, -0.15) is 0 Å². The topological polar surface area (TPSA) is 21.3 Å². The second-order valence-electron chi connectivity index (χ2n) is 5.48. The zero-order chi connectivity index (χ0) is 14.7. The van der Waals surface area contributed by atoms with Crippen molar-refractivity contribution in [3.8, 4) is 11.5 Å². The average molecular weight is 285 g/mol. The van der Waals surface area contributed by atoms with Gasteiger partial charge in [0, 0.05) is 12.6 Å². The van der Waals surface area contributed by atoms with Gasteiger partial charge in [0.25, 0.3) is 0 Å². The van der Waals surface area contributed by atoms with Gasteiger partial charge in [0.15, 0.2) is 11.6 Å². The molecule has 2 aromatic rings. The summed E-state index contributed by atoms with van der Waals surface area (Å²) in [4.78, 5) is 0. The summed E-state index contributed by atoms with van der Waals surface area (Å²) in [5.74, 6) is 0.699. The quantitative estimate of drug-likeness (QED) is 0.847. The second kappa shape index (κ2) is 6.27. The molecule has 1 aliphatic rings. The lowest BCUT2D eigenvalue weighted by Crippen LogP contribution is -2.15. The van der Waals surface area contributed by atoms with Crippen molar-refractivity contribution in [1.82, 2.24) is 5.32 Å². The van der Waals surface area contributed by atoms with Crippen LogP contribution in [0.25, 0.3) is 0 Å². The lowest BCUT2D eigenvalue weighted by atomic mass is 10.1. The van der Waals surface area contributed by atoms with Crippen molar-refractivity contribution in [3.63, 3.8) is 0 Å². The Labute approximate surface area is 125 Å². The molecule has 110 valence electrons. The molecule has 0 heterocycles. The van der Waals surface area contributed by atoms with Crippen LogP contribution in [0.3, 0.4) is 0 Å². The highest BCUT2D eigenvalue weighted by Gasteiger charge is 2.20. The average Bonchev–Trinajstić information content (AvgIpc) is 3.32. The van der Waals surface area contributed by atoms with E-state index in [1.54, 1.807) is 12.1 Å². The van der Waals surface area contributed by atoms with Crippen LogP contribution < -0.4 is 10.1 Å². The van der Waals surface area contributed by atoms with Crippen molar-refractivity contribution < 1.29 is 9.13 Å². The van der Waals surface area contributed by atoms with E-state index in [1.165, 1.54) is 12.8 Å². The summed E-state index contributed by atoms with van der Waals surface area (Å²) in [7, 11) is 0. The van der Waals surface area contributed by atoms with E-state index in [4.69, 9.17) is 4.74 Å². The van der Waals surface area contributed by atoms with Gasteiger partial charge in [0.05, 0.1) is 0 Å². The maximum absolute atomic E-state index is 14.2. The minimum atomic E-state index is -0.309. The molecule has 0 unspecified atom stereocenters. The fourth-order valence-electron chi connectivity index (χ4n) is 2.30. The van der Waals surface area contributed by atoms with Gasteiger partial charge in [-0.25, -0.2) is 4.39 Å². The monoisotopic (exact) mass is 285 g/mol. The first-order valence-electron chi connectivity index (χ1n) is 7.54. The Bertz CT molecular complexity index is 622. The zero-order valence-corrected chi connectivity index (χ0v) is 12.2. The number of hydrogen-bond acceptors (Lipinski definition) is 2. The van der Waals surface area contributed by atoms with Crippen LogP contribution in [-0.2, 0) is 13.0 Å². The number of nitrogens with one attached hydrogen (secondary N) is 1. The predicted octanol–water partition coefficient (Wildman–Crippen LogP) is 4.43. The Kier molecular flexibility index (Phi) is 4.20. The first-order valence-corrected chi connectivity index (χ1v) is 7.54. The lowest BCUT2D eigenvalue weighted by Gasteiger charge is -2.11. The van der Waals surface area contributed by atoms with E-state index >= 15 is 0 Å². The maximum Gasteiger partial charge on any atom is 0.166 e. The van der Waals surface area contributed by atoms with Crippen molar-refractivity contribution in [2.45, 2.75) is 38.8 Å². The summed E-state index contributed by atoms with van der Waals surface area (Å²) in [6, 6.07) is 13.6. The minimum absolute atomic E-state index is 0.283. The Hall–Kier alpha value is -1.87. The van der Waals surface area contributed by atoms with Crippen LogP contribution in [0.4, 0.5) is 4.39 Å². The SMILES string of the molecule is CCc1ccccc1Oc1ccc(CNC2CC2)cc1F. The molecule has 0 amide bonds. The highest BCUT2D eigenvalue weighted by atomic mass is 19.1. The van der Waals surface area contributed by atoms with Crippen LogP contribution >= 0.6 is 0 Å². The summed E-state index contributed by atoms with van der Waals surface area (Å²) in [6.45, 7) is 2.78. The molecule has 2 aromatic carbocycles. The van der Waals surface area contributed by atoms with E-state index in [0.29, 0.717) is 12.6 Å². The molecule has 21 heavy (non-hydrogen) atoms. The van der Waals surface area contributed by atoms with Crippen molar-refractivity contribution >= 4 is 0 Å². The van der Waals surface area contributed by atoms with Gasteiger partial charge < -0.3 is 10.1 Å². The molecule has 3 rings (SSSR count). The molecular weight excluding hydrogens is 265 g/mol. The van der Waals surface area contributed by atoms with E-state index in [0.717, 1.165) is 23.3 Å². The highest BCUT2D eigenvalue weighted by molar-refractivity contribution is 5.39. The number of aryl methyl sites for hydroxylation is 1. The Morgan fingerprint density at radius 1 is 1.14 bits per heavy atom. The number of para-hydroxylation sites is 1. The Morgan fingerprint density at radius 3 is 2.67 bits per heavy atom. The Balaban J connectivity index is 1.72. The maximum atomic E-state index is 14.2. The highest BCUT2D eigenvalue weighted by Crippen LogP contribution is 2.28. The molecule has 1 fully saturated rings. The number of rotatable bonds is 6. The molecule has 3 heteroatoms. The molecule has 0 atom stereocenters. The molecule has 0 aliphatic heterocycles. The van der Waals surface area contributed by atoms with Crippen LogP contribution in [0.15, 0.2) is 42.5 Å². The van der Waals surface area contributed by atoms with E-state index in [9.17, 15) is 4.39 Å². The van der Waals surface area contributed by atoms with Gasteiger partial charge in [-0.3, -0.25) is 0 Å². The van der Waals surface area contributed by atoms with E-state index < -0.39 is 0 Å². The van der Waals surface area contributed by atoms with Gasteiger partial charge in [0.1, 0.15) is 5.75 Å². The second-order valence-corrected chi connectivity index (χ2v) is 5.48. The molecular formula is C18H20FNO. The van der Waals surface area contributed by atoms with Gasteiger partial charge in [-0.05, 0) is 48.6 Å². The van der Waals surface area contributed by atoms with Crippen LogP contribution in [0.2, 0.25) is 0 Å². The summed E-state index contributed by atoms with van der Waals surface area (Å²) in [6.07, 6.45) is 3.33. The number of benzene rings is 2. The molecule has 0 saturated heterocycles. The molecule has 0 aromatic heterocycles. The van der Waals surface area contributed by atoms with Crippen molar-refractivity contribution in [2.24, 2.45) is 0 Å². The fourth-order valence-corrected chi connectivity index (χ4v) is 2.30. The third-order valence-electron chi connectivity index (χ3n) is 3.74. The van der Waals surface area contributed by atoms with Gasteiger partial charge in [-0.1, -0.05) is 31.2 Å². The predicted molar refractivity (Wildman–Crippen MR) is 82.2 cm³/mol.